The molecule has 0 aliphatic heterocycles. The third-order valence-corrected chi connectivity index (χ3v) is 4.74. The minimum absolute atomic E-state index is 0. The van der Waals surface area contributed by atoms with Gasteiger partial charge in [-0.3, -0.25) is 0 Å². The fraction of sp³-hybridized carbons (Fsp3) is 0.938. The molecule has 1 fully saturated rings. The topological polar surface area (TPSA) is 0 Å². The number of hydrogen-bond acceptors (Lipinski definition) is 0. The summed E-state index contributed by atoms with van der Waals surface area (Å²) in [4.78, 5) is 0. The van der Waals surface area contributed by atoms with Crippen LogP contribution in [-0.2, 0) is 20.1 Å². The Kier molecular flexibility index (Phi) is 14.7. The van der Waals surface area contributed by atoms with Crippen molar-refractivity contribution in [2.24, 2.45) is 29.6 Å². The largest absolute Gasteiger partial charge is 0.427 e. The van der Waals surface area contributed by atoms with E-state index in [-0.39, 0.29) is 20.1 Å². The third-order valence-electron chi connectivity index (χ3n) is 4.74. The molecule has 0 bridgehead atoms. The normalized spacial score (nSPS) is 29.4. The van der Waals surface area contributed by atoms with Crippen molar-refractivity contribution >= 4 is 7.92 Å². The molecule has 0 N–H and O–H groups in total. The molecule has 0 unspecified atom stereocenters. The van der Waals surface area contributed by atoms with Crippen molar-refractivity contribution in [1.82, 2.24) is 0 Å². The van der Waals surface area contributed by atoms with E-state index in [4.69, 9.17) is 0 Å². The molecule has 25 heavy (non-hydrogen) atoms. The number of rotatable bonds is 1. The molecule has 1 rings (SSSR count). The van der Waals surface area contributed by atoms with E-state index in [1.54, 1.807) is 0 Å². The number of alkyl halides is 5. The first-order valence-corrected chi connectivity index (χ1v) is 10.4. The number of halogens is 7. The molecule has 0 saturated heterocycles. The molecular formula is C16H29F7IrP-. The Morgan fingerprint density at radius 3 is 0.840 bits per heavy atom. The Hall–Kier alpha value is 0.589. The summed E-state index contributed by atoms with van der Waals surface area (Å²) in [5.41, 5.74) is 0. The van der Waals surface area contributed by atoms with Gasteiger partial charge in [0.2, 0.25) is 0 Å². The van der Waals surface area contributed by atoms with Crippen LogP contribution in [0.15, 0.2) is 0 Å². The first-order chi connectivity index (χ1) is 10.5. The van der Waals surface area contributed by atoms with Gasteiger partial charge in [-0.1, -0.05) is 34.6 Å². The molecule has 9 heteroatoms. The third kappa shape index (κ3) is 9.91. The Balaban J connectivity index is -0.000000310. The van der Waals surface area contributed by atoms with E-state index in [2.05, 4.69) is 54.6 Å². The van der Waals surface area contributed by atoms with E-state index in [1.807, 2.05) is 0 Å². The van der Waals surface area contributed by atoms with Crippen molar-refractivity contribution in [1.29, 1.82) is 0 Å². The van der Waals surface area contributed by atoms with Gasteiger partial charge in [0, 0.05) is 20.1 Å². The summed E-state index contributed by atoms with van der Waals surface area (Å²) >= 11 is 0. The maximum absolute atomic E-state index is 11.1. The second-order valence-corrected chi connectivity index (χ2v) is 9.65. The SMILES string of the molecule is CC1C(C)C(C)C(C)C1C.CP(C)C.F[C-](F)C(F)(F)C(F)(F)F.[Ir]. The zero-order valence-electron chi connectivity index (χ0n) is 15.8. The molecule has 0 atom stereocenters. The summed E-state index contributed by atoms with van der Waals surface area (Å²) < 4.78 is 76.3. The second kappa shape index (κ2) is 12.1. The van der Waals surface area contributed by atoms with E-state index in [1.165, 1.54) is 0 Å². The quantitative estimate of drug-likeness (QED) is 0.177. The molecule has 157 valence electrons. The van der Waals surface area contributed by atoms with Gasteiger partial charge in [-0.2, -0.15) is 13.2 Å². The molecule has 0 aromatic rings. The molecule has 1 aliphatic carbocycles. The van der Waals surface area contributed by atoms with Crippen molar-refractivity contribution in [3.63, 3.8) is 0 Å². The van der Waals surface area contributed by atoms with Crippen LogP contribution >= 0.6 is 7.92 Å². The second-order valence-electron chi connectivity index (χ2n) is 6.97. The van der Waals surface area contributed by atoms with E-state index >= 15 is 0 Å². The van der Waals surface area contributed by atoms with Crippen LogP contribution in [0.2, 0.25) is 0 Å². The Labute approximate surface area is 161 Å². The van der Waals surface area contributed by atoms with Crippen LogP contribution in [0.3, 0.4) is 0 Å². The summed E-state index contributed by atoms with van der Waals surface area (Å²) in [5, 5.41) is 0. The smallest absolute Gasteiger partial charge is 0.415 e. The molecule has 0 spiro atoms. The Morgan fingerprint density at radius 2 is 0.800 bits per heavy atom. The van der Waals surface area contributed by atoms with Gasteiger partial charge in [-0.25, -0.2) is 8.78 Å². The summed E-state index contributed by atoms with van der Waals surface area (Å²) in [5.74, 6) is -1.30. The van der Waals surface area contributed by atoms with Crippen molar-refractivity contribution < 1.29 is 50.8 Å². The maximum Gasteiger partial charge on any atom is 0.427 e. The van der Waals surface area contributed by atoms with E-state index in [0.29, 0.717) is 7.92 Å². The van der Waals surface area contributed by atoms with Crippen molar-refractivity contribution in [2.75, 3.05) is 20.0 Å². The molecule has 1 saturated carbocycles. The summed E-state index contributed by atoms with van der Waals surface area (Å²) in [6.07, 6.45) is -10.1. The molecule has 0 aromatic carbocycles. The maximum atomic E-state index is 11.1. The molecular weight excluding hydrogens is 548 g/mol. The van der Waals surface area contributed by atoms with E-state index < -0.39 is 18.5 Å². The molecule has 0 amide bonds. The van der Waals surface area contributed by atoms with Gasteiger partial charge in [0.1, 0.15) is 0 Å². The van der Waals surface area contributed by atoms with Crippen LogP contribution in [0.1, 0.15) is 34.6 Å². The molecule has 0 nitrogen and oxygen atoms in total. The zero-order chi connectivity index (χ0) is 20.0. The molecule has 0 heterocycles. The van der Waals surface area contributed by atoms with E-state index in [9.17, 15) is 30.7 Å². The van der Waals surface area contributed by atoms with Crippen molar-refractivity contribution in [3.8, 4) is 0 Å². The van der Waals surface area contributed by atoms with Crippen LogP contribution in [0.25, 0.3) is 0 Å². The molecule has 0 aromatic heterocycles. The summed E-state index contributed by atoms with van der Waals surface area (Å²) in [7, 11) is 0.380. The van der Waals surface area contributed by atoms with Gasteiger partial charge in [0.15, 0.2) is 0 Å². The standard InChI is InChI=1S/C10H20.C3F7.C3H9P.Ir/c1-6-7(2)9(4)10(5)8(6)3;4-1(5)2(6,7)3(8,9)10;1-4(2)3;/h6-10H,1-5H3;;1-3H3;/q;-1;;. The van der Waals surface area contributed by atoms with Gasteiger partial charge in [0.05, 0.1) is 6.43 Å². The van der Waals surface area contributed by atoms with Gasteiger partial charge >= 0.3 is 6.18 Å². The molecule has 1 aliphatic rings. The Morgan fingerprint density at radius 1 is 0.640 bits per heavy atom. The fourth-order valence-corrected chi connectivity index (χ4v) is 2.50. The van der Waals surface area contributed by atoms with E-state index in [0.717, 1.165) is 29.6 Å². The number of hydrogen-bond donors (Lipinski definition) is 0. The summed E-state index contributed by atoms with van der Waals surface area (Å²) in [6.45, 7) is 18.7. The average molecular weight is 578 g/mol. The first-order valence-electron chi connectivity index (χ1n) is 7.72. The van der Waals surface area contributed by atoms with Crippen LogP contribution in [0.5, 0.6) is 0 Å². The summed E-state index contributed by atoms with van der Waals surface area (Å²) in [6, 6.07) is 0. The van der Waals surface area contributed by atoms with Crippen molar-refractivity contribution in [3.05, 3.63) is 6.43 Å². The van der Waals surface area contributed by atoms with Gasteiger partial charge in [-0.15, -0.1) is 7.92 Å². The monoisotopic (exact) mass is 578 g/mol. The van der Waals surface area contributed by atoms with Crippen molar-refractivity contribution in [2.45, 2.75) is 46.7 Å². The Bertz CT molecular complexity index is 300. The van der Waals surface area contributed by atoms with Crippen LogP contribution in [-0.4, -0.2) is 32.1 Å². The predicted octanol–water partition coefficient (Wildman–Crippen LogP) is 7.15. The van der Waals surface area contributed by atoms with Crippen LogP contribution < -0.4 is 0 Å². The van der Waals surface area contributed by atoms with Crippen LogP contribution in [0, 0.1) is 36.0 Å². The van der Waals surface area contributed by atoms with Gasteiger partial charge in [0.25, 0.3) is 5.92 Å². The predicted molar refractivity (Wildman–Crippen MR) is 87.0 cm³/mol. The van der Waals surface area contributed by atoms with Gasteiger partial charge < -0.3 is 8.78 Å². The average Bonchev–Trinajstić information content (AvgIpc) is 2.56. The molecule has 1 radical (unpaired) electrons. The van der Waals surface area contributed by atoms with Gasteiger partial charge in [-0.05, 0) is 49.6 Å². The first kappa shape index (κ1) is 30.3. The zero-order valence-corrected chi connectivity index (χ0v) is 19.1. The minimum atomic E-state index is -6.20. The fourth-order valence-electron chi connectivity index (χ4n) is 2.50. The van der Waals surface area contributed by atoms with Crippen LogP contribution in [0.4, 0.5) is 30.7 Å². The minimum Gasteiger partial charge on any atom is -0.415 e.